The van der Waals surface area contributed by atoms with Gasteiger partial charge in [0.2, 0.25) is 0 Å². The first kappa shape index (κ1) is 23.3. The predicted molar refractivity (Wildman–Crippen MR) is 126 cm³/mol. The molecule has 1 saturated heterocycles. The molecule has 1 fully saturated rings. The highest BCUT2D eigenvalue weighted by Crippen LogP contribution is 2.29. The Morgan fingerprint density at radius 1 is 1.39 bits per heavy atom. The second-order valence-corrected chi connectivity index (χ2v) is 7.76. The summed E-state index contributed by atoms with van der Waals surface area (Å²) in [4.78, 5) is 5.16. The monoisotopic (exact) mass is 519 g/mol. The Balaban J connectivity index is 0.00000280. The molecular weight excluding hydrogens is 489 g/mol. The number of nitrogens with zero attached hydrogens (tertiary/aromatic N) is 1. The zero-order valence-corrected chi connectivity index (χ0v) is 19.4. The second-order valence-electron chi connectivity index (χ2n) is 6.65. The Bertz CT molecular complexity index is 701. The molecule has 0 aliphatic carbocycles. The van der Waals surface area contributed by atoms with E-state index >= 15 is 0 Å². The molecule has 2 unspecified atom stereocenters. The van der Waals surface area contributed by atoms with E-state index < -0.39 is 6.10 Å². The van der Waals surface area contributed by atoms with Crippen LogP contribution in [-0.2, 0) is 9.47 Å². The molecule has 2 atom stereocenters. The molecule has 2 aromatic rings. The van der Waals surface area contributed by atoms with Gasteiger partial charge in [0.1, 0.15) is 6.10 Å². The van der Waals surface area contributed by atoms with Crippen LogP contribution in [0.1, 0.15) is 30.2 Å². The first-order valence-corrected chi connectivity index (χ1v) is 10.4. The molecule has 0 spiro atoms. The van der Waals surface area contributed by atoms with Crippen LogP contribution in [-0.4, -0.2) is 57.1 Å². The van der Waals surface area contributed by atoms with Crippen molar-refractivity contribution >= 4 is 51.4 Å². The highest BCUT2D eigenvalue weighted by Gasteiger charge is 2.15. The van der Waals surface area contributed by atoms with Crippen molar-refractivity contribution in [3.05, 3.63) is 35.2 Å². The molecule has 28 heavy (non-hydrogen) atoms. The summed E-state index contributed by atoms with van der Waals surface area (Å²) in [5, 5.41) is 18.0. The average molecular weight is 519 g/mol. The molecule has 6 nitrogen and oxygen atoms in total. The summed E-state index contributed by atoms with van der Waals surface area (Å²) in [5.41, 5.74) is 0. The van der Waals surface area contributed by atoms with E-state index in [2.05, 4.69) is 27.8 Å². The molecule has 156 valence electrons. The highest BCUT2D eigenvalue weighted by molar-refractivity contribution is 14.0. The Labute approximate surface area is 187 Å². The minimum Gasteiger partial charge on any atom is -0.386 e. The lowest BCUT2D eigenvalue weighted by molar-refractivity contribution is 0.0168. The van der Waals surface area contributed by atoms with Crippen molar-refractivity contribution in [1.82, 2.24) is 10.6 Å². The van der Waals surface area contributed by atoms with Crippen LogP contribution in [0.2, 0.25) is 0 Å². The third-order valence-corrected chi connectivity index (χ3v) is 5.76. The fourth-order valence-electron chi connectivity index (χ4n) is 3.05. The largest absolute Gasteiger partial charge is 0.386 e. The average Bonchev–Trinajstić information content (AvgIpc) is 3.36. The maximum atomic E-state index is 10.4. The van der Waals surface area contributed by atoms with Crippen LogP contribution < -0.4 is 10.6 Å². The molecule has 0 saturated carbocycles. The molecule has 1 aliphatic rings. The molecule has 1 aliphatic heterocycles. The molecule has 3 rings (SSSR count). The molecule has 1 aromatic carbocycles. The lowest BCUT2D eigenvalue weighted by atomic mass is 10.2. The Morgan fingerprint density at radius 2 is 2.25 bits per heavy atom. The van der Waals surface area contributed by atoms with E-state index in [1.54, 1.807) is 18.4 Å². The number of guanidine groups is 1. The van der Waals surface area contributed by atoms with Gasteiger partial charge >= 0.3 is 0 Å². The number of aliphatic imine (C=N–C) groups is 1. The van der Waals surface area contributed by atoms with Crippen molar-refractivity contribution in [2.45, 2.75) is 31.5 Å². The smallest absolute Gasteiger partial charge is 0.191 e. The predicted octanol–water partition coefficient (Wildman–Crippen LogP) is 3.30. The van der Waals surface area contributed by atoms with Crippen LogP contribution in [0.3, 0.4) is 0 Å². The first-order chi connectivity index (χ1) is 13.3. The zero-order valence-electron chi connectivity index (χ0n) is 16.2. The van der Waals surface area contributed by atoms with Gasteiger partial charge < -0.3 is 25.2 Å². The second kappa shape index (κ2) is 12.6. The van der Waals surface area contributed by atoms with E-state index in [4.69, 9.17) is 9.47 Å². The van der Waals surface area contributed by atoms with Crippen LogP contribution in [0, 0.1) is 0 Å². The number of aliphatic hydroxyl groups is 1. The number of thiophene rings is 1. The van der Waals surface area contributed by atoms with Crippen LogP contribution in [0.25, 0.3) is 10.1 Å². The fourth-order valence-corrected chi connectivity index (χ4v) is 4.10. The van der Waals surface area contributed by atoms with Gasteiger partial charge in [0.25, 0.3) is 0 Å². The summed E-state index contributed by atoms with van der Waals surface area (Å²) in [6.07, 6.45) is 2.87. The quantitative estimate of drug-likeness (QED) is 0.205. The van der Waals surface area contributed by atoms with Crippen LogP contribution in [0.15, 0.2) is 35.3 Å². The van der Waals surface area contributed by atoms with Crippen molar-refractivity contribution in [3.8, 4) is 0 Å². The van der Waals surface area contributed by atoms with E-state index in [0.717, 1.165) is 37.3 Å². The molecule has 3 N–H and O–H groups in total. The lowest BCUT2D eigenvalue weighted by Crippen LogP contribution is -2.40. The van der Waals surface area contributed by atoms with Gasteiger partial charge in [-0.2, -0.15) is 0 Å². The number of benzene rings is 1. The summed E-state index contributed by atoms with van der Waals surface area (Å²) < 4.78 is 12.4. The SMILES string of the molecule is CN=C(NCCCOCC1CCCO1)NCC(O)c1cc2ccccc2s1.I. The van der Waals surface area contributed by atoms with Gasteiger partial charge in [0, 0.05) is 42.9 Å². The highest BCUT2D eigenvalue weighted by atomic mass is 127. The van der Waals surface area contributed by atoms with Gasteiger partial charge in [0.05, 0.1) is 12.7 Å². The minimum absolute atomic E-state index is 0. The van der Waals surface area contributed by atoms with Crippen molar-refractivity contribution in [3.63, 3.8) is 0 Å². The Kier molecular flexibility index (Phi) is 10.5. The lowest BCUT2D eigenvalue weighted by Gasteiger charge is -2.15. The number of fused-ring (bicyclic) bond motifs is 1. The van der Waals surface area contributed by atoms with Gasteiger partial charge in [-0.05, 0) is 36.8 Å². The van der Waals surface area contributed by atoms with E-state index in [1.807, 2.05) is 18.2 Å². The van der Waals surface area contributed by atoms with Crippen LogP contribution in [0.5, 0.6) is 0 Å². The van der Waals surface area contributed by atoms with Gasteiger partial charge in [-0.25, -0.2) is 0 Å². The van der Waals surface area contributed by atoms with Gasteiger partial charge in [-0.3, -0.25) is 4.99 Å². The van der Waals surface area contributed by atoms with E-state index in [9.17, 15) is 5.11 Å². The molecule has 1 aromatic heterocycles. The first-order valence-electron chi connectivity index (χ1n) is 9.56. The third-order valence-electron chi connectivity index (χ3n) is 4.55. The number of rotatable bonds is 9. The summed E-state index contributed by atoms with van der Waals surface area (Å²) in [6.45, 7) is 3.44. The number of halogens is 1. The van der Waals surface area contributed by atoms with E-state index in [1.165, 1.54) is 10.1 Å². The zero-order chi connectivity index (χ0) is 18.9. The minimum atomic E-state index is -0.560. The number of aliphatic hydroxyl groups excluding tert-OH is 1. The fraction of sp³-hybridized carbons (Fsp3) is 0.550. The molecule has 2 heterocycles. The normalized spacial score (nSPS) is 18.1. The number of nitrogens with one attached hydrogen (secondary N) is 2. The third kappa shape index (κ3) is 7.14. The van der Waals surface area contributed by atoms with Crippen molar-refractivity contribution < 1.29 is 14.6 Å². The van der Waals surface area contributed by atoms with Gasteiger partial charge in [-0.15, -0.1) is 35.3 Å². The van der Waals surface area contributed by atoms with Crippen LogP contribution >= 0.6 is 35.3 Å². The molecule has 0 amide bonds. The summed E-state index contributed by atoms with van der Waals surface area (Å²) >= 11 is 1.62. The maximum absolute atomic E-state index is 10.4. The van der Waals surface area contributed by atoms with Crippen molar-refractivity contribution in [1.29, 1.82) is 0 Å². The number of ether oxygens (including phenoxy) is 2. The molecule has 8 heteroatoms. The van der Waals surface area contributed by atoms with Crippen molar-refractivity contribution in [2.24, 2.45) is 4.99 Å². The van der Waals surface area contributed by atoms with Gasteiger partial charge in [0.15, 0.2) is 5.96 Å². The molecule has 0 radical (unpaired) electrons. The van der Waals surface area contributed by atoms with Crippen LogP contribution in [0.4, 0.5) is 0 Å². The summed E-state index contributed by atoms with van der Waals surface area (Å²) in [6, 6.07) is 10.2. The van der Waals surface area contributed by atoms with E-state index in [0.29, 0.717) is 25.7 Å². The maximum Gasteiger partial charge on any atom is 0.191 e. The van der Waals surface area contributed by atoms with E-state index in [-0.39, 0.29) is 30.1 Å². The Morgan fingerprint density at radius 3 is 3.00 bits per heavy atom. The van der Waals surface area contributed by atoms with Crippen molar-refractivity contribution in [2.75, 3.05) is 40.0 Å². The Hall–Kier alpha value is -0.940. The summed E-state index contributed by atoms with van der Waals surface area (Å²) in [7, 11) is 1.73. The molecule has 0 bridgehead atoms. The number of hydrogen-bond donors (Lipinski definition) is 3. The standard InChI is InChI=1S/C20H29N3O3S.HI/c1-21-20(22-9-5-10-25-14-16-7-4-11-26-16)23-13-17(24)19-12-15-6-2-3-8-18(15)27-19;/h2-3,6,8,12,16-17,24H,4-5,7,9-11,13-14H2,1H3,(H2,21,22,23);1H. The van der Waals surface area contributed by atoms with Gasteiger partial charge in [-0.1, -0.05) is 18.2 Å². The topological polar surface area (TPSA) is 75.1 Å². The summed E-state index contributed by atoms with van der Waals surface area (Å²) in [5.74, 6) is 0.689. The number of hydrogen-bond acceptors (Lipinski definition) is 5. The molecular formula is C20H30IN3O3S.